The van der Waals surface area contributed by atoms with Crippen LogP contribution >= 0.6 is 0 Å². The molecule has 32 heavy (non-hydrogen) atoms. The van der Waals surface area contributed by atoms with Crippen LogP contribution < -0.4 is 5.14 Å². The van der Waals surface area contributed by atoms with E-state index in [9.17, 15) is 13.2 Å². The Hall–Kier alpha value is -1.44. The highest BCUT2D eigenvalue weighted by atomic mass is 32.2. The number of nitrogens with two attached hydrogens (primary N) is 1. The predicted octanol–water partition coefficient (Wildman–Crippen LogP) is 3.26. The summed E-state index contributed by atoms with van der Waals surface area (Å²) in [7, 11) is -3.51. The van der Waals surface area contributed by atoms with Crippen LogP contribution in [0.5, 0.6) is 0 Å². The number of fused-ring (bicyclic) bond motifs is 2. The third-order valence-corrected chi connectivity index (χ3v) is 9.16. The van der Waals surface area contributed by atoms with Gasteiger partial charge in [-0.05, 0) is 81.0 Å². The lowest BCUT2D eigenvalue weighted by atomic mass is 9.67. The monoisotopic (exact) mass is 461 g/mol. The molecule has 2 aliphatic heterocycles. The zero-order chi connectivity index (χ0) is 22.9. The van der Waals surface area contributed by atoms with Crippen LogP contribution in [0.3, 0.4) is 0 Å². The summed E-state index contributed by atoms with van der Waals surface area (Å²) in [6.45, 7) is 7.61. The molecule has 1 aromatic carbocycles. The third-order valence-electron chi connectivity index (χ3n) is 8.30. The molecule has 0 aromatic heterocycles. The molecular formula is C25H39N3O3S. The van der Waals surface area contributed by atoms with E-state index in [1.165, 1.54) is 36.8 Å². The van der Waals surface area contributed by atoms with Gasteiger partial charge in [0.25, 0.3) is 0 Å². The Morgan fingerprint density at radius 3 is 2.38 bits per heavy atom. The first kappa shape index (κ1) is 23.7. The van der Waals surface area contributed by atoms with Crippen LogP contribution in [-0.2, 0) is 26.8 Å². The Bertz CT molecular complexity index is 914. The number of benzene rings is 1. The highest BCUT2D eigenvalue weighted by Gasteiger charge is 2.49. The van der Waals surface area contributed by atoms with Crippen molar-refractivity contribution in [2.45, 2.75) is 76.8 Å². The number of likely N-dealkylation sites (tertiary alicyclic amines) is 1. The Kier molecular flexibility index (Phi) is 6.99. The van der Waals surface area contributed by atoms with Gasteiger partial charge in [-0.1, -0.05) is 38.1 Å². The number of carbonyl (C=O) groups excluding carboxylic acids is 1. The van der Waals surface area contributed by atoms with Crippen molar-refractivity contribution < 1.29 is 13.2 Å². The van der Waals surface area contributed by atoms with Crippen LogP contribution in [0.4, 0.5) is 0 Å². The van der Waals surface area contributed by atoms with Crippen molar-refractivity contribution in [3.8, 4) is 0 Å². The summed E-state index contributed by atoms with van der Waals surface area (Å²) in [6.07, 6.45) is 7.28. The van der Waals surface area contributed by atoms with Gasteiger partial charge in [-0.3, -0.25) is 4.79 Å². The average Bonchev–Trinajstić information content (AvgIpc) is 2.77. The van der Waals surface area contributed by atoms with Crippen LogP contribution in [-0.4, -0.2) is 55.6 Å². The highest BCUT2D eigenvalue weighted by molar-refractivity contribution is 7.89. The van der Waals surface area contributed by atoms with E-state index in [0.29, 0.717) is 25.6 Å². The fraction of sp³-hybridized carbons (Fsp3) is 0.720. The van der Waals surface area contributed by atoms with Gasteiger partial charge in [-0.25, -0.2) is 13.6 Å². The fourth-order valence-electron chi connectivity index (χ4n) is 6.35. The molecule has 0 unspecified atom stereocenters. The minimum atomic E-state index is -3.51. The van der Waals surface area contributed by atoms with Gasteiger partial charge in [0.1, 0.15) is 0 Å². The van der Waals surface area contributed by atoms with Gasteiger partial charge in [-0.2, -0.15) is 0 Å². The molecule has 4 rings (SSSR count). The maximum atomic E-state index is 13.7. The molecule has 0 bridgehead atoms. The second kappa shape index (κ2) is 9.43. The van der Waals surface area contributed by atoms with Crippen LogP contribution in [0.25, 0.3) is 0 Å². The summed E-state index contributed by atoms with van der Waals surface area (Å²) >= 11 is 0. The van der Waals surface area contributed by atoms with Crippen LogP contribution in [0.15, 0.2) is 24.3 Å². The van der Waals surface area contributed by atoms with Crippen LogP contribution in [0, 0.1) is 11.8 Å². The van der Waals surface area contributed by atoms with E-state index in [4.69, 9.17) is 5.14 Å². The number of carbonyl (C=O) groups is 1. The standard InChI is InChI=1S/C25H39N3O3S/c1-19(2)20-8-10-22(11-9-20)27-15-12-25(13-16-27)23-7-4-3-6-21(23)18-28(24(25)29)14-5-17-32(26,30)31/h3-4,6-7,19-20,22H,5,8-18H2,1-2H3,(H2,26,30,31). The van der Waals surface area contributed by atoms with Gasteiger partial charge >= 0.3 is 0 Å². The molecular weight excluding hydrogens is 422 g/mol. The second-order valence-electron chi connectivity index (χ2n) is 10.5. The lowest BCUT2D eigenvalue weighted by Gasteiger charge is -2.49. The fourth-order valence-corrected chi connectivity index (χ4v) is 6.88. The van der Waals surface area contributed by atoms with E-state index in [2.05, 4.69) is 30.9 Å². The van der Waals surface area contributed by atoms with Gasteiger partial charge in [0.05, 0.1) is 11.2 Å². The van der Waals surface area contributed by atoms with Gasteiger partial charge in [0.15, 0.2) is 0 Å². The highest BCUT2D eigenvalue weighted by Crippen LogP contribution is 2.44. The molecule has 1 saturated carbocycles. The zero-order valence-corrected chi connectivity index (χ0v) is 20.4. The number of amides is 1. The first-order valence-corrected chi connectivity index (χ1v) is 14.0. The number of piperidine rings is 1. The Morgan fingerprint density at radius 2 is 1.75 bits per heavy atom. The van der Waals surface area contributed by atoms with Crippen molar-refractivity contribution in [2.75, 3.05) is 25.4 Å². The van der Waals surface area contributed by atoms with Gasteiger partial charge in [0.2, 0.25) is 15.9 Å². The molecule has 0 radical (unpaired) electrons. The Balaban J connectivity index is 1.46. The lowest BCUT2D eigenvalue weighted by molar-refractivity contribution is -0.142. The molecule has 2 N–H and O–H groups in total. The molecule has 178 valence electrons. The Labute approximate surface area is 193 Å². The topological polar surface area (TPSA) is 83.7 Å². The molecule has 1 amide bonds. The largest absolute Gasteiger partial charge is 0.338 e. The van der Waals surface area contributed by atoms with E-state index >= 15 is 0 Å². The SMILES string of the molecule is CC(C)C1CCC(N2CCC3(CC2)C(=O)N(CCCS(N)(=O)=O)Cc2ccccc23)CC1. The van der Waals surface area contributed by atoms with E-state index in [-0.39, 0.29) is 11.7 Å². The maximum Gasteiger partial charge on any atom is 0.233 e. The maximum absolute atomic E-state index is 13.7. The third kappa shape index (κ3) is 4.90. The van der Waals surface area contributed by atoms with Crippen molar-refractivity contribution in [2.24, 2.45) is 17.0 Å². The van der Waals surface area contributed by atoms with Crippen molar-refractivity contribution in [3.05, 3.63) is 35.4 Å². The number of hydrogen-bond donors (Lipinski definition) is 1. The molecule has 2 fully saturated rings. The summed E-state index contributed by atoms with van der Waals surface area (Å²) in [6, 6.07) is 8.99. The molecule has 6 nitrogen and oxygen atoms in total. The predicted molar refractivity (Wildman–Crippen MR) is 128 cm³/mol. The number of hydrogen-bond acceptors (Lipinski definition) is 4. The second-order valence-corrected chi connectivity index (χ2v) is 12.3. The van der Waals surface area contributed by atoms with Crippen molar-refractivity contribution in [3.63, 3.8) is 0 Å². The zero-order valence-electron chi connectivity index (χ0n) is 19.6. The minimum Gasteiger partial charge on any atom is -0.338 e. The van der Waals surface area contributed by atoms with Crippen molar-refractivity contribution in [1.29, 1.82) is 0 Å². The van der Waals surface area contributed by atoms with E-state index in [0.717, 1.165) is 37.8 Å². The molecule has 0 atom stereocenters. The molecule has 7 heteroatoms. The van der Waals surface area contributed by atoms with Crippen molar-refractivity contribution in [1.82, 2.24) is 9.80 Å². The van der Waals surface area contributed by atoms with E-state index in [1.807, 2.05) is 17.0 Å². The van der Waals surface area contributed by atoms with Gasteiger partial charge in [-0.15, -0.1) is 0 Å². The first-order valence-electron chi connectivity index (χ1n) is 12.3. The molecule has 3 aliphatic rings. The van der Waals surface area contributed by atoms with Gasteiger partial charge < -0.3 is 9.80 Å². The summed E-state index contributed by atoms with van der Waals surface area (Å²) < 4.78 is 22.7. The van der Waals surface area contributed by atoms with Crippen molar-refractivity contribution >= 4 is 15.9 Å². The van der Waals surface area contributed by atoms with Gasteiger partial charge in [0, 0.05) is 19.1 Å². The normalized spacial score (nSPS) is 26.5. The molecule has 1 aromatic rings. The smallest absolute Gasteiger partial charge is 0.233 e. The Morgan fingerprint density at radius 1 is 1.09 bits per heavy atom. The number of nitrogens with zero attached hydrogens (tertiary/aromatic N) is 2. The summed E-state index contributed by atoms with van der Waals surface area (Å²) in [4.78, 5) is 18.3. The molecule has 1 saturated heterocycles. The minimum absolute atomic E-state index is 0.0851. The van der Waals surface area contributed by atoms with E-state index < -0.39 is 15.4 Å². The summed E-state index contributed by atoms with van der Waals surface area (Å²) in [5, 5.41) is 5.17. The number of rotatable bonds is 6. The molecule has 2 heterocycles. The summed E-state index contributed by atoms with van der Waals surface area (Å²) in [5.74, 6) is 1.73. The lowest BCUT2D eigenvalue weighted by Crippen LogP contribution is -2.57. The number of sulfonamides is 1. The molecule has 1 aliphatic carbocycles. The quantitative estimate of drug-likeness (QED) is 0.705. The summed E-state index contributed by atoms with van der Waals surface area (Å²) in [5.41, 5.74) is 1.92. The first-order chi connectivity index (χ1) is 15.2. The van der Waals surface area contributed by atoms with Crippen LogP contribution in [0.1, 0.15) is 69.9 Å². The van der Waals surface area contributed by atoms with E-state index in [1.54, 1.807) is 0 Å². The average molecular weight is 462 g/mol. The van der Waals surface area contributed by atoms with Crippen LogP contribution in [0.2, 0.25) is 0 Å². The number of primary sulfonamides is 1. The molecule has 1 spiro atoms.